The largest absolute Gasteiger partial charge is 0.395 e. The minimum atomic E-state index is -4.18. The molecule has 0 amide bonds. The molecule has 0 aliphatic heterocycles. The van der Waals surface area contributed by atoms with E-state index in [4.69, 9.17) is 17.3 Å². The zero-order valence-corrected chi connectivity index (χ0v) is 14.2. The normalized spacial score (nSPS) is 18.1. The Bertz CT molecular complexity index is 663. The molecule has 1 aliphatic rings. The van der Waals surface area contributed by atoms with Gasteiger partial charge in [-0.2, -0.15) is 0 Å². The van der Waals surface area contributed by atoms with Gasteiger partial charge in [-0.3, -0.25) is 0 Å². The fourth-order valence-corrected chi connectivity index (χ4v) is 4.61. The Morgan fingerprint density at radius 1 is 1.48 bits per heavy atom. The number of nitrogens with two attached hydrogens (primary N) is 1. The van der Waals surface area contributed by atoms with Gasteiger partial charge in [-0.1, -0.05) is 24.4 Å². The van der Waals surface area contributed by atoms with Crippen LogP contribution in [-0.2, 0) is 10.0 Å². The molecule has 0 radical (unpaired) electrons. The Balaban J connectivity index is 2.45. The third-order valence-electron chi connectivity index (χ3n) is 3.66. The lowest BCUT2D eigenvalue weighted by Crippen LogP contribution is -2.49. The van der Waals surface area contributed by atoms with Crippen LogP contribution in [0.3, 0.4) is 0 Å². The Kier molecular flexibility index (Phi) is 4.84. The molecule has 21 heavy (non-hydrogen) atoms. The van der Waals surface area contributed by atoms with Gasteiger partial charge in [-0.05, 0) is 34.8 Å². The first kappa shape index (κ1) is 17.0. The van der Waals surface area contributed by atoms with Crippen molar-refractivity contribution in [2.45, 2.75) is 36.1 Å². The van der Waals surface area contributed by atoms with Crippen LogP contribution >= 0.6 is 27.5 Å². The van der Waals surface area contributed by atoms with E-state index in [9.17, 15) is 17.9 Å². The van der Waals surface area contributed by atoms with E-state index < -0.39 is 26.3 Å². The molecule has 1 aromatic carbocycles. The van der Waals surface area contributed by atoms with Crippen LogP contribution in [0.1, 0.15) is 25.7 Å². The van der Waals surface area contributed by atoms with Gasteiger partial charge < -0.3 is 10.8 Å². The Labute approximate surface area is 135 Å². The summed E-state index contributed by atoms with van der Waals surface area (Å²) in [6.07, 6.45) is 2.61. The van der Waals surface area contributed by atoms with E-state index in [0.717, 1.165) is 18.9 Å². The molecule has 0 unspecified atom stereocenters. The molecule has 0 atom stereocenters. The molecule has 0 spiro atoms. The van der Waals surface area contributed by atoms with Gasteiger partial charge in [-0.15, -0.1) is 0 Å². The number of anilines is 1. The summed E-state index contributed by atoms with van der Waals surface area (Å²) in [5, 5.41) is 9.47. The Morgan fingerprint density at radius 2 is 2.05 bits per heavy atom. The highest BCUT2D eigenvalue weighted by molar-refractivity contribution is 9.10. The van der Waals surface area contributed by atoms with Crippen molar-refractivity contribution in [2.75, 3.05) is 12.3 Å². The number of nitrogens with one attached hydrogen (secondary N) is 1. The van der Waals surface area contributed by atoms with E-state index in [1.165, 1.54) is 0 Å². The molecule has 1 aliphatic carbocycles. The van der Waals surface area contributed by atoms with Crippen molar-refractivity contribution in [3.05, 3.63) is 21.4 Å². The second-order valence-electron chi connectivity index (χ2n) is 5.15. The van der Waals surface area contributed by atoms with Crippen LogP contribution in [0.5, 0.6) is 0 Å². The van der Waals surface area contributed by atoms with Crippen LogP contribution < -0.4 is 10.5 Å². The lowest BCUT2D eigenvalue weighted by molar-refractivity contribution is 0.185. The zero-order valence-electron chi connectivity index (χ0n) is 11.0. The SMILES string of the molecule is Nc1c(F)c(S(=O)(=O)NC2(CO)CCCC2)cc(Cl)c1Br. The van der Waals surface area contributed by atoms with E-state index in [-0.39, 0.29) is 21.8 Å². The standard InChI is InChI=1S/C12H15BrClFN2O3S/c13-9-7(14)5-8(10(15)11(9)16)21(19,20)17-12(6-18)3-1-2-4-12/h5,17-18H,1-4,6,16H2. The maximum Gasteiger partial charge on any atom is 0.244 e. The lowest BCUT2D eigenvalue weighted by Gasteiger charge is -2.27. The fourth-order valence-electron chi connectivity index (χ4n) is 2.48. The smallest absolute Gasteiger partial charge is 0.244 e. The lowest BCUT2D eigenvalue weighted by atomic mass is 10.0. The molecule has 0 bridgehead atoms. The van der Waals surface area contributed by atoms with Crippen molar-refractivity contribution in [2.24, 2.45) is 0 Å². The fraction of sp³-hybridized carbons (Fsp3) is 0.500. The molecule has 4 N–H and O–H groups in total. The van der Waals surface area contributed by atoms with Crippen LogP contribution in [0.25, 0.3) is 0 Å². The maximum atomic E-state index is 14.1. The molecule has 1 fully saturated rings. The van der Waals surface area contributed by atoms with Gasteiger partial charge in [0, 0.05) is 0 Å². The second kappa shape index (κ2) is 6.00. The summed E-state index contributed by atoms with van der Waals surface area (Å²) in [6, 6.07) is 1.000. The van der Waals surface area contributed by atoms with Crippen molar-refractivity contribution in [3.8, 4) is 0 Å². The summed E-state index contributed by atoms with van der Waals surface area (Å²) in [4.78, 5) is -0.618. The van der Waals surface area contributed by atoms with Gasteiger partial charge in [0.15, 0.2) is 5.82 Å². The first-order valence-corrected chi connectivity index (χ1v) is 8.96. The predicted molar refractivity (Wildman–Crippen MR) is 82.1 cm³/mol. The molecule has 118 valence electrons. The van der Waals surface area contributed by atoms with E-state index in [1.807, 2.05) is 0 Å². The first-order valence-electron chi connectivity index (χ1n) is 6.30. The van der Waals surface area contributed by atoms with Gasteiger partial charge in [0.1, 0.15) is 4.90 Å². The van der Waals surface area contributed by atoms with Crippen LogP contribution in [0.15, 0.2) is 15.4 Å². The van der Waals surface area contributed by atoms with Crippen LogP contribution in [0, 0.1) is 5.82 Å². The Morgan fingerprint density at radius 3 is 2.57 bits per heavy atom. The molecule has 1 aromatic rings. The minimum Gasteiger partial charge on any atom is -0.395 e. The summed E-state index contributed by atoms with van der Waals surface area (Å²) >= 11 is 8.84. The average Bonchev–Trinajstić information content (AvgIpc) is 2.88. The molecule has 1 saturated carbocycles. The molecule has 2 rings (SSSR count). The highest BCUT2D eigenvalue weighted by Crippen LogP contribution is 2.36. The summed E-state index contributed by atoms with van der Waals surface area (Å²) in [5.74, 6) is -1.06. The van der Waals surface area contributed by atoms with Gasteiger partial charge in [0.2, 0.25) is 10.0 Å². The third-order valence-corrected chi connectivity index (χ3v) is 6.62. The summed E-state index contributed by atoms with van der Waals surface area (Å²) in [5.41, 5.74) is 4.19. The van der Waals surface area contributed by atoms with Crippen molar-refractivity contribution in [1.82, 2.24) is 4.72 Å². The minimum absolute atomic E-state index is 0.00116. The van der Waals surface area contributed by atoms with Gasteiger partial charge in [0.05, 0.1) is 27.3 Å². The number of nitrogen functional groups attached to an aromatic ring is 1. The summed E-state index contributed by atoms with van der Waals surface area (Å²) in [6.45, 7) is -0.340. The second-order valence-corrected chi connectivity index (χ2v) is 8.00. The summed E-state index contributed by atoms with van der Waals surface area (Å²) < 4.78 is 41.5. The predicted octanol–water partition coefficient (Wildman–Crippen LogP) is 2.41. The molecule has 9 heteroatoms. The molecular formula is C12H15BrClFN2O3S. The van der Waals surface area contributed by atoms with Crippen molar-refractivity contribution in [3.63, 3.8) is 0 Å². The van der Waals surface area contributed by atoms with Gasteiger partial charge in [0.25, 0.3) is 0 Å². The third kappa shape index (κ3) is 3.19. The average molecular weight is 402 g/mol. The first-order chi connectivity index (χ1) is 9.72. The number of aliphatic hydroxyl groups excluding tert-OH is 1. The number of benzene rings is 1. The van der Waals surface area contributed by atoms with E-state index in [1.54, 1.807) is 0 Å². The van der Waals surface area contributed by atoms with E-state index >= 15 is 0 Å². The van der Waals surface area contributed by atoms with Gasteiger partial charge >= 0.3 is 0 Å². The number of hydrogen-bond acceptors (Lipinski definition) is 4. The molecule has 5 nitrogen and oxygen atoms in total. The maximum absolute atomic E-state index is 14.1. The Hall–Kier alpha value is -0.410. The van der Waals surface area contributed by atoms with Crippen LogP contribution in [0.4, 0.5) is 10.1 Å². The highest BCUT2D eigenvalue weighted by Gasteiger charge is 2.38. The number of sulfonamides is 1. The van der Waals surface area contributed by atoms with Gasteiger partial charge in [-0.25, -0.2) is 17.5 Å². The number of halogens is 3. The van der Waals surface area contributed by atoms with Crippen LogP contribution in [0.2, 0.25) is 5.02 Å². The van der Waals surface area contributed by atoms with Crippen LogP contribution in [-0.4, -0.2) is 25.7 Å². The molecule has 0 heterocycles. The molecule has 0 aromatic heterocycles. The molecular weight excluding hydrogens is 387 g/mol. The zero-order chi connectivity index (χ0) is 15.8. The monoisotopic (exact) mass is 400 g/mol. The summed E-state index contributed by atoms with van der Waals surface area (Å²) in [7, 11) is -4.18. The highest BCUT2D eigenvalue weighted by atomic mass is 79.9. The van der Waals surface area contributed by atoms with Crippen molar-refractivity contribution < 1.29 is 17.9 Å². The van der Waals surface area contributed by atoms with Crippen molar-refractivity contribution >= 4 is 43.2 Å². The van der Waals surface area contributed by atoms with E-state index in [2.05, 4.69) is 20.7 Å². The topological polar surface area (TPSA) is 92.4 Å². The molecule has 0 saturated heterocycles. The quantitative estimate of drug-likeness (QED) is 0.533. The number of aliphatic hydroxyl groups is 1. The number of hydrogen-bond donors (Lipinski definition) is 3. The van der Waals surface area contributed by atoms with Crippen molar-refractivity contribution in [1.29, 1.82) is 0 Å². The van der Waals surface area contributed by atoms with E-state index in [0.29, 0.717) is 12.8 Å². The number of rotatable bonds is 4.